The zero-order valence-corrected chi connectivity index (χ0v) is 7.11. The van der Waals surface area contributed by atoms with Crippen molar-refractivity contribution in [1.29, 1.82) is 0 Å². The molecule has 0 saturated carbocycles. The molecule has 0 aliphatic carbocycles. The lowest BCUT2D eigenvalue weighted by molar-refractivity contribution is 0.606. The topological polar surface area (TPSA) is 0 Å². The summed E-state index contributed by atoms with van der Waals surface area (Å²) in [5.41, 5.74) is 1.44. The molecule has 0 atom stereocenters. The van der Waals surface area contributed by atoms with Crippen LogP contribution in [0.5, 0.6) is 0 Å². The van der Waals surface area contributed by atoms with Crippen LogP contribution in [0.15, 0.2) is 18.2 Å². The Balaban J connectivity index is 3.17. The van der Waals surface area contributed by atoms with Gasteiger partial charge in [-0.2, -0.15) is 0 Å². The van der Waals surface area contributed by atoms with Gasteiger partial charge in [-0.15, -0.1) is 0 Å². The van der Waals surface area contributed by atoms with Crippen LogP contribution < -0.4 is 0 Å². The van der Waals surface area contributed by atoms with Gasteiger partial charge in [0, 0.05) is 5.92 Å². The predicted octanol–water partition coefficient (Wildman–Crippen LogP) is 3.10. The molecule has 0 aliphatic heterocycles. The van der Waals surface area contributed by atoms with E-state index in [1.54, 1.807) is 19.1 Å². The number of halogens is 1. The van der Waals surface area contributed by atoms with E-state index in [4.69, 9.17) is 0 Å². The van der Waals surface area contributed by atoms with Gasteiger partial charge in [-0.1, -0.05) is 32.0 Å². The molecule has 1 aromatic carbocycles. The van der Waals surface area contributed by atoms with Crippen LogP contribution in [0.25, 0.3) is 0 Å². The van der Waals surface area contributed by atoms with Gasteiger partial charge in [-0.3, -0.25) is 0 Å². The molecule has 0 heterocycles. The quantitative estimate of drug-likeness (QED) is 0.578. The first kappa shape index (κ1) is 8.25. The second kappa shape index (κ2) is 3.04. The highest BCUT2D eigenvalue weighted by molar-refractivity contribution is 5.33. The van der Waals surface area contributed by atoms with Crippen molar-refractivity contribution in [3.63, 3.8) is 0 Å². The lowest BCUT2D eigenvalue weighted by Crippen LogP contribution is -1.95. The minimum Gasteiger partial charge on any atom is -0.206 e. The molecule has 0 unspecified atom stereocenters. The number of aryl methyl sites for hydroxylation is 1. The van der Waals surface area contributed by atoms with E-state index in [0.29, 0.717) is 5.56 Å². The maximum Gasteiger partial charge on any atom is 0.129 e. The third-order valence-electron chi connectivity index (χ3n) is 1.73. The molecule has 1 radical (unpaired) electrons. The molecule has 0 fully saturated rings. The van der Waals surface area contributed by atoms with Gasteiger partial charge in [0.1, 0.15) is 5.82 Å². The molecule has 0 aromatic heterocycles. The molecule has 0 amide bonds. The van der Waals surface area contributed by atoms with Crippen molar-refractivity contribution in [3.8, 4) is 0 Å². The molecule has 0 nitrogen and oxygen atoms in total. The van der Waals surface area contributed by atoms with Crippen molar-refractivity contribution >= 4 is 0 Å². The molecule has 0 saturated heterocycles. The first-order chi connectivity index (χ1) is 5.13. The molecule has 1 aromatic rings. The fraction of sp³-hybridized carbons (Fsp3) is 0.300. The van der Waals surface area contributed by atoms with Crippen molar-refractivity contribution in [2.24, 2.45) is 0 Å². The Bertz CT molecular complexity index is 251. The fourth-order valence-corrected chi connectivity index (χ4v) is 1.03. The number of hydrogen-bond donors (Lipinski definition) is 0. The summed E-state index contributed by atoms with van der Waals surface area (Å²) in [6.07, 6.45) is 0. The van der Waals surface area contributed by atoms with E-state index in [1.165, 1.54) is 0 Å². The van der Waals surface area contributed by atoms with Crippen molar-refractivity contribution < 1.29 is 4.39 Å². The van der Waals surface area contributed by atoms with Gasteiger partial charge in [0.25, 0.3) is 0 Å². The lowest BCUT2D eigenvalue weighted by atomic mass is 10.0. The van der Waals surface area contributed by atoms with Crippen LogP contribution in [0.4, 0.5) is 4.39 Å². The fourth-order valence-electron chi connectivity index (χ4n) is 1.03. The summed E-state index contributed by atoms with van der Waals surface area (Å²) in [6, 6.07) is 5.46. The maximum atomic E-state index is 13.2. The number of rotatable bonds is 1. The van der Waals surface area contributed by atoms with Crippen molar-refractivity contribution in [1.82, 2.24) is 0 Å². The van der Waals surface area contributed by atoms with Crippen molar-refractivity contribution in [2.45, 2.75) is 20.8 Å². The Kier molecular flexibility index (Phi) is 2.28. The summed E-state index contributed by atoms with van der Waals surface area (Å²) >= 11 is 0. The Morgan fingerprint density at radius 3 is 2.36 bits per heavy atom. The normalized spacial score (nSPS) is 10.6. The van der Waals surface area contributed by atoms with E-state index in [9.17, 15) is 4.39 Å². The molecular weight excluding hydrogens is 139 g/mol. The molecule has 1 heteroatoms. The lowest BCUT2D eigenvalue weighted by Gasteiger charge is -2.07. The largest absolute Gasteiger partial charge is 0.206 e. The molecule has 0 spiro atoms. The number of hydrogen-bond acceptors (Lipinski definition) is 0. The van der Waals surface area contributed by atoms with Gasteiger partial charge in [-0.05, 0) is 18.1 Å². The Hall–Kier alpha value is -0.850. The SMILES string of the molecule is C[C](C)c1cccc(C)c1F. The van der Waals surface area contributed by atoms with Crippen LogP contribution in [0.1, 0.15) is 25.0 Å². The van der Waals surface area contributed by atoms with Gasteiger partial charge >= 0.3 is 0 Å². The van der Waals surface area contributed by atoms with Crippen LogP contribution in [0.2, 0.25) is 0 Å². The summed E-state index contributed by atoms with van der Waals surface area (Å²) < 4.78 is 13.2. The first-order valence-corrected chi connectivity index (χ1v) is 3.68. The van der Waals surface area contributed by atoms with E-state index in [-0.39, 0.29) is 5.82 Å². The average molecular weight is 151 g/mol. The van der Waals surface area contributed by atoms with Gasteiger partial charge in [0.05, 0.1) is 0 Å². The Morgan fingerprint density at radius 1 is 1.27 bits per heavy atom. The molecular formula is C10H12F. The molecule has 11 heavy (non-hydrogen) atoms. The summed E-state index contributed by atoms with van der Waals surface area (Å²) in [7, 11) is 0. The summed E-state index contributed by atoms with van der Waals surface area (Å²) in [5.74, 6) is 0.929. The third-order valence-corrected chi connectivity index (χ3v) is 1.73. The summed E-state index contributed by atoms with van der Waals surface area (Å²) in [4.78, 5) is 0. The molecule has 0 bridgehead atoms. The van der Waals surface area contributed by atoms with Gasteiger partial charge in [0.2, 0.25) is 0 Å². The second-order valence-electron chi connectivity index (χ2n) is 2.94. The van der Waals surface area contributed by atoms with Gasteiger partial charge < -0.3 is 0 Å². The van der Waals surface area contributed by atoms with Crippen molar-refractivity contribution in [2.75, 3.05) is 0 Å². The van der Waals surface area contributed by atoms with Crippen LogP contribution in [-0.4, -0.2) is 0 Å². The molecule has 59 valence electrons. The summed E-state index contributed by atoms with van der Waals surface area (Å²) in [5, 5.41) is 0. The Labute approximate surface area is 67.1 Å². The van der Waals surface area contributed by atoms with Crippen LogP contribution in [-0.2, 0) is 0 Å². The van der Waals surface area contributed by atoms with Gasteiger partial charge in [0.15, 0.2) is 0 Å². The first-order valence-electron chi connectivity index (χ1n) is 3.68. The van der Waals surface area contributed by atoms with E-state index in [0.717, 1.165) is 11.5 Å². The van der Waals surface area contributed by atoms with Crippen LogP contribution >= 0.6 is 0 Å². The number of benzene rings is 1. The third kappa shape index (κ3) is 1.59. The monoisotopic (exact) mass is 151 g/mol. The van der Waals surface area contributed by atoms with E-state index in [1.807, 2.05) is 19.9 Å². The molecule has 1 rings (SSSR count). The second-order valence-corrected chi connectivity index (χ2v) is 2.94. The minimum atomic E-state index is -0.0903. The Morgan fingerprint density at radius 2 is 1.91 bits per heavy atom. The van der Waals surface area contributed by atoms with Crippen LogP contribution in [0, 0.1) is 18.7 Å². The van der Waals surface area contributed by atoms with Gasteiger partial charge in [-0.25, -0.2) is 4.39 Å². The van der Waals surface area contributed by atoms with E-state index in [2.05, 4.69) is 0 Å². The smallest absolute Gasteiger partial charge is 0.129 e. The zero-order valence-electron chi connectivity index (χ0n) is 7.11. The van der Waals surface area contributed by atoms with Crippen molar-refractivity contribution in [3.05, 3.63) is 41.1 Å². The summed E-state index contributed by atoms with van der Waals surface area (Å²) in [6.45, 7) is 5.61. The minimum absolute atomic E-state index is 0.0903. The predicted molar refractivity (Wildman–Crippen MR) is 44.8 cm³/mol. The average Bonchev–Trinajstić information content (AvgIpc) is 1.94. The van der Waals surface area contributed by atoms with E-state index >= 15 is 0 Å². The maximum absolute atomic E-state index is 13.2. The van der Waals surface area contributed by atoms with E-state index < -0.39 is 0 Å². The molecule has 0 aliphatic rings. The molecule has 0 N–H and O–H groups in total. The highest BCUT2D eigenvalue weighted by Crippen LogP contribution is 2.19. The standard InChI is InChI=1S/C10H12F/c1-7(2)9-6-4-5-8(3)10(9)11/h4-6H,1-3H3. The highest BCUT2D eigenvalue weighted by Gasteiger charge is 2.07. The van der Waals surface area contributed by atoms with Crippen LogP contribution in [0.3, 0.4) is 0 Å². The highest BCUT2D eigenvalue weighted by atomic mass is 19.1. The zero-order chi connectivity index (χ0) is 8.43.